The normalized spacial score (nSPS) is 12.5. The molecule has 2 aromatic rings. The Bertz CT molecular complexity index is 893. The zero-order valence-corrected chi connectivity index (χ0v) is 17.9. The standard InChI is InChI=1S/C21H26N2O5S/c1-5-26-21(25)15-9-18(13(2)3)29-20(15)22-19(24)11-23(4)10-14-6-7-16-17(8-14)28-12-27-16/h6-9,13H,5,10-12H2,1-4H3,(H,22,24). The number of carbonyl (C=O) groups excluding carboxylic acids is 2. The summed E-state index contributed by atoms with van der Waals surface area (Å²) in [7, 11) is 1.87. The number of nitrogens with one attached hydrogen (secondary N) is 1. The number of hydrogen-bond acceptors (Lipinski definition) is 7. The molecule has 156 valence electrons. The molecule has 0 unspecified atom stereocenters. The van der Waals surface area contributed by atoms with Gasteiger partial charge in [0, 0.05) is 11.4 Å². The highest BCUT2D eigenvalue weighted by Crippen LogP contribution is 2.34. The van der Waals surface area contributed by atoms with E-state index in [1.165, 1.54) is 11.3 Å². The summed E-state index contributed by atoms with van der Waals surface area (Å²) in [6.07, 6.45) is 0. The smallest absolute Gasteiger partial charge is 0.341 e. The summed E-state index contributed by atoms with van der Waals surface area (Å²) in [6.45, 7) is 7.15. The Kier molecular flexibility index (Phi) is 6.76. The second-order valence-corrected chi connectivity index (χ2v) is 8.26. The first-order valence-electron chi connectivity index (χ1n) is 9.55. The first-order chi connectivity index (χ1) is 13.9. The molecule has 7 nitrogen and oxygen atoms in total. The predicted molar refractivity (Wildman–Crippen MR) is 112 cm³/mol. The van der Waals surface area contributed by atoms with E-state index < -0.39 is 5.97 Å². The van der Waals surface area contributed by atoms with E-state index in [4.69, 9.17) is 14.2 Å². The maximum Gasteiger partial charge on any atom is 0.341 e. The van der Waals surface area contributed by atoms with Gasteiger partial charge in [-0.3, -0.25) is 9.69 Å². The molecule has 2 heterocycles. The fourth-order valence-electron chi connectivity index (χ4n) is 2.97. The van der Waals surface area contributed by atoms with E-state index in [0.717, 1.165) is 21.9 Å². The number of rotatable bonds is 8. The van der Waals surface area contributed by atoms with Crippen molar-refractivity contribution in [3.8, 4) is 11.5 Å². The molecule has 0 radical (unpaired) electrons. The Morgan fingerprint density at radius 3 is 2.72 bits per heavy atom. The number of hydrogen-bond donors (Lipinski definition) is 1. The Morgan fingerprint density at radius 2 is 2.00 bits per heavy atom. The number of benzene rings is 1. The van der Waals surface area contributed by atoms with Crippen molar-refractivity contribution in [2.45, 2.75) is 33.2 Å². The van der Waals surface area contributed by atoms with Crippen molar-refractivity contribution in [3.05, 3.63) is 40.3 Å². The second kappa shape index (κ2) is 9.28. The first kappa shape index (κ1) is 21.1. The van der Waals surface area contributed by atoms with E-state index in [0.29, 0.717) is 17.1 Å². The highest BCUT2D eigenvalue weighted by atomic mass is 32.1. The summed E-state index contributed by atoms with van der Waals surface area (Å²) < 4.78 is 15.8. The van der Waals surface area contributed by atoms with Crippen LogP contribution in [0.1, 0.15) is 47.5 Å². The van der Waals surface area contributed by atoms with Crippen LogP contribution in [0.3, 0.4) is 0 Å². The molecule has 0 bridgehead atoms. The lowest BCUT2D eigenvalue weighted by atomic mass is 10.1. The number of thiophene rings is 1. The highest BCUT2D eigenvalue weighted by molar-refractivity contribution is 7.16. The molecule has 29 heavy (non-hydrogen) atoms. The van der Waals surface area contributed by atoms with Gasteiger partial charge in [-0.2, -0.15) is 0 Å². The number of fused-ring (bicyclic) bond motifs is 1. The summed E-state index contributed by atoms with van der Waals surface area (Å²) in [5.74, 6) is 1.11. The van der Waals surface area contributed by atoms with Gasteiger partial charge in [0.15, 0.2) is 11.5 Å². The number of carbonyl (C=O) groups is 2. The number of likely N-dealkylation sites (N-methyl/N-ethyl adjacent to an activating group) is 1. The van der Waals surface area contributed by atoms with Crippen molar-refractivity contribution in [3.63, 3.8) is 0 Å². The minimum absolute atomic E-state index is 0.184. The molecule has 1 N–H and O–H groups in total. The number of esters is 1. The lowest BCUT2D eigenvalue weighted by Gasteiger charge is -2.16. The quantitative estimate of drug-likeness (QED) is 0.656. The monoisotopic (exact) mass is 418 g/mol. The molecule has 0 aliphatic carbocycles. The molecule has 1 aromatic carbocycles. The third-order valence-electron chi connectivity index (χ3n) is 4.37. The Labute approximate surface area is 174 Å². The van der Waals surface area contributed by atoms with Crippen LogP contribution in [0, 0.1) is 0 Å². The lowest BCUT2D eigenvalue weighted by Crippen LogP contribution is -2.30. The van der Waals surface area contributed by atoms with Crippen molar-refractivity contribution in [2.75, 3.05) is 32.3 Å². The fraction of sp³-hybridized carbons (Fsp3) is 0.429. The molecular weight excluding hydrogens is 392 g/mol. The summed E-state index contributed by atoms with van der Waals surface area (Å²) in [5, 5.41) is 3.41. The zero-order valence-electron chi connectivity index (χ0n) is 17.1. The van der Waals surface area contributed by atoms with E-state index in [1.807, 2.05) is 44.0 Å². The minimum Gasteiger partial charge on any atom is -0.462 e. The largest absolute Gasteiger partial charge is 0.462 e. The minimum atomic E-state index is -0.417. The average molecular weight is 419 g/mol. The molecule has 1 aromatic heterocycles. The maximum atomic E-state index is 12.6. The molecular formula is C21H26N2O5S. The van der Waals surface area contributed by atoms with Gasteiger partial charge in [0.05, 0.1) is 18.7 Å². The van der Waals surface area contributed by atoms with Crippen LogP contribution in [-0.2, 0) is 16.1 Å². The van der Waals surface area contributed by atoms with Crippen LogP contribution in [-0.4, -0.2) is 43.8 Å². The highest BCUT2D eigenvalue weighted by Gasteiger charge is 2.21. The van der Waals surface area contributed by atoms with Crippen LogP contribution in [0.25, 0.3) is 0 Å². The number of amides is 1. The average Bonchev–Trinajstić information content (AvgIpc) is 3.28. The van der Waals surface area contributed by atoms with Crippen molar-refractivity contribution < 1.29 is 23.8 Å². The molecule has 0 spiro atoms. The lowest BCUT2D eigenvalue weighted by molar-refractivity contribution is -0.117. The van der Waals surface area contributed by atoms with Crippen molar-refractivity contribution >= 4 is 28.2 Å². The molecule has 0 atom stereocenters. The molecule has 0 saturated heterocycles. The third kappa shape index (κ3) is 5.27. The molecule has 1 aliphatic rings. The van der Waals surface area contributed by atoms with Crippen LogP contribution in [0.15, 0.2) is 24.3 Å². The number of nitrogens with zero attached hydrogens (tertiary/aromatic N) is 1. The molecule has 1 amide bonds. The van der Waals surface area contributed by atoms with Crippen molar-refractivity contribution in [1.29, 1.82) is 0 Å². The summed E-state index contributed by atoms with van der Waals surface area (Å²) >= 11 is 1.41. The van der Waals surface area contributed by atoms with Crippen molar-refractivity contribution in [1.82, 2.24) is 4.90 Å². The topological polar surface area (TPSA) is 77.1 Å². The summed E-state index contributed by atoms with van der Waals surface area (Å²) in [4.78, 5) is 27.7. The van der Waals surface area contributed by atoms with E-state index in [-0.39, 0.29) is 31.8 Å². The first-order valence-corrected chi connectivity index (χ1v) is 10.4. The maximum absolute atomic E-state index is 12.6. The van der Waals surface area contributed by atoms with Crippen LogP contribution < -0.4 is 14.8 Å². The summed E-state index contributed by atoms with van der Waals surface area (Å²) in [6, 6.07) is 7.55. The Morgan fingerprint density at radius 1 is 1.24 bits per heavy atom. The van der Waals surface area contributed by atoms with E-state index in [9.17, 15) is 9.59 Å². The van der Waals surface area contributed by atoms with Gasteiger partial charge in [-0.15, -0.1) is 11.3 Å². The van der Waals surface area contributed by atoms with Gasteiger partial charge in [-0.1, -0.05) is 19.9 Å². The van der Waals surface area contributed by atoms with Gasteiger partial charge in [-0.05, 0) is 43.7 Å². The van der Waals surface area contributed by atoms with Crippen LogP contribution >= 0.6 is 11.3 Å². The van der Waals surface area contributed by atoms with Gasteiger partial charge >= 0.3 is 5.97 Å². The Hall–Kier alpha value is -2.58. The molecule has 3 rings (SSSR count). The van der Waals surface area contributed by atoms with Gasteiger partial charge in [0.1, 0.15) is 5.00 Å². The fourth-order valence-corrected chi connectivity index (χ4v) is 4.03. The van der Waals surface area contributed by atoms with Gasteiger partial charge in [0.25, 0.3) is 0 Å². The van der Waals surface area contributed by atoms with Gasteiger partial charge < -0.3 is 19.5 Å². The number of ether oxygens (including phenoxy) is 3. The molecule has 8 heteroatoms. The van der Waals surface area contributed by atoms with Crippen LogP contribution in [0.2, 0.25) is 0 Å². The second-order valence-electron chi connectivity index (χ2n) is 7.17. The van der Waals surface area contributed by atoms with E-state index in [2.05, 4.69) is 5.32 Å². The van der Waals surface area contributed by atoms with E-state index >= 15 is 0 Å². The third-order valence-corrected chi connectivity index (χ3v) is 5.72. The number of anilines is 1. The zero-order chi connectivity index (χ0) is 21.0. The van der Waals surface area contributed by atoms with E-state index in [1.54, 1.807) is 13.0 Å². The van der Waals surface area contributed by atoms with Gasteiger partial charge in [-0.25, -0.2) is 4.79 Å². The Balaban J connectivity index is 1.63. The van der Waals surface area contributed by atoms with Crippen LogP contribution in [0.4, 0.5) is 5.00 Å². The SMILES string of the molecule is CCOC(=O)c1cc(C(C)C)sc1NC(=O)CN(C)Cc1ccc2c(c1)OCO2. The molecule has 0 fully saturated rings. The molecule has 0 saturated carbocycles. The summed E-state index contributed by atoms with van der Waals surface area (Å²) in [5.41, 5.74) is 1.43. The molecule has 1 aliphatic heterocycles. The van der Waals surface area contributed by atoms with Crippen molar-refractivity contribution in [2.24, 2.45) is 0 Å². The predicted octanol–water partition coefficient (Wildman–Crippen LogP) is 3.85. The van der Waals surface area contributed by atoms with Crippen LogP contribution in [0.5, 0.6) is 11.5 Å². The van der Waals surface area contributed by atoms with Gasteiger partial charge in [0.2, 0.25) is 12.7 Å².